The van der Waals surface area contributed by atoms with Gasteiger partial charge < -0.3 is 5.32 Å². The molecule has 1 aliphatic heterocycles. The van der Waals surface area contributed by atoms with Crippen LogP contribution in [0.3, 0.4) is 0 Å². The van der Waals surface area contributed by atoms with E-state index in [-0.39, 0.29) is 18.0 Å². The van der Waals surface area contributed by atoms with Crippen LogP contribution < -0.4 is 10.2 Å². The number of rotatable bonds is 4. The molecule has 146 valence electrons. The van der Waals surface area contributed by atoms with Crippen LogP contribution in [0.2, 0.25) is 0 Å². The smallest absolute Gasteiger partial charge is 0.326 e. The molecule has 3 rings (SSSR count). The first-order valence-electron chi connectivity index (χ1n) is 8.23. The van der Waals surface area contributed by atoms with Gasteiger partial charge in [-0.15, -0.1) is 0 Å². The van der Waals surface area contributed by atoms with Gasteiger partial charge in [-0.05, 0) is 42.8 Å². The summed E-state index contributed by atoms with van der Waals surface area (Å²) >= 11 is 6.37. The molecular formula is C19H15F3N2O2S2. The van der Waals surface area contributed by atoms with E-state index in [9.17, 15) is 22.8 Å². The third-order valence-corrected chi connectivity index (χ3v) is 5.53. The number of carbonyl (C=O) groups is 2. The van der Waals surface area contributed by atoms with E-state index in [4.69, 9.17) is 12.2 Å². The van der Waals surface area contributed by atoms with Gasteiger partial charge in [-0.1, -0.05) is 42.2 Å². The zero-order valence-electron chi connectivity index (χ0n) is 14.6. The van der Waals surface area contributed by atoms with E-state index in [0.717, 1.165) is 29.5 Å². The second-order valence-electron chi connectivity index (χ2n) is 6.22. The van der Waals surface area contributed by atoms with Gasteiger partial charge in [0, 0.05) is 12.1 Å². The Kier molecular flexibility index (Phi) is 5.76. The highest BCUT2D eigenvalue weighted by atomic mass is 32.2. The number of aryl methyl sites for hydroxylation is 1. The summed E-state index contributed by atoms with van der Waals surface area (Å²) in [6.45, 7) is 1.89. The van der Waals surface area contributed by atoms with Gasteiger partial charge in [0.25, 0.3) is 0 Å². The van der Waals surface area contributed by atoms with Gasteiger partial charge in [0.05, 0.1) is 11.3 Å². The monoisotopic (exact) mass is 424 g/mol. The molecule has 2 aromatic rings. The van der Waals surface area contributed by atoms with Crippen molar-refractivity contribution in [3.05, 3.63) is 59.7 Å². The maximum Gasteiger partial charge on any atom is 0.416 e. The van der Waals surface area contributed by atoms with Crippen molar-refractivity contribution in [1.82, 2.24) is 0 Å². The molecule has 1 aliphatic rings. The number of hydrogen-bond donors (Lipinski definition) is 1. The summed E-state index contributed by atoms with van der Waals surface area (Å²) in [6, 6.07) is 11.6. The second-order valence-corrected chi connectivity index (χ2v) is 8.05. The second kappa shape index (κ2) is 7.92. The predicted octanol–water partition coefficient (Wildman–Crippen LogP) is 4.78. The summed E-state index contributed by atoms with van der Waals surface area (Å²) in [5.74, 6) is -0.876. The molecule has 0 radical (unpaired) electrons. The van der Waals surface area contributed by atoms with Crippen LogP contribution in [0, 0.1) is 6.92 Å². The average molecular weight is 424 g/mol. The van der Waals surface area contributed by atoms with Crippen molar-refractivity contribution in [3.63, 3.8) is 0 Å². The lowest BCUT2D eigenvalue weighted by atomic mass is 10.1. The average Bonchev–Trinajstić information content (AvgIpc) is 2.87. The quantitative estimate of drug-likeness (QED) is 0.718. The van der Waals surface area contributed by atoms with E-state index in [2.05, 4.69) is 5.32 Å². The molecule has 0 aromatic heterocycles. The molecule has 1 heterocycles. The first kappa shape index (κ1) is 20.3. The number of anilines is 2. The lowest BCUT2D eigenvalue weighted by Crippen LogP contribution is -2.32. The number of thiocarbonyl (C=S) groups is 1. The maximum absolute atomic E-state index is 12.8. The van der Waals surface area contributed by atoms with Crippen molar-refractivity contribution >= 4 is 51.5 Å². The summed E-state index contributed by atoms with van der Waals surface area (Å²) in [4.78, 5) is 26.3. The normalized spacial score (nSPS) is 17.1. The Balaban J connectivity index is 1.68. The predicted molar refractivity (Wildman–Crippen MR) is 107 cm³/mol. The Morgan fingerprint density at radius 1 is 1.21 bits per heavy atom. The summed E-state index contributed by atoms with van der Waals surface area (Å²) in [5.41, 5.74) is 0.754. The first-order chi connectivity index (χ1) is 13.1. The van der Waals surface area contributed by atoms with Crippen molar-refractivity contribution < 1.29 is 22.8 Å². The lowest BCUT2D eigenvalue weighted by molar-refractivity contribution is -0.137. The zero-order chi connectivity index (χ0) is 20.5. The number of benzene rings is 2. The van der Waals surface area contributed by atoms with Crippen LogP contribution in [-0.2, 0) is 15.8 Å². The topological polar surface area (TPSA) is 49.4 Å². The highest BCUT2D eigenvalue weighted by Crippen LogP contribution is 2.34. The number of alkyl halides is 3. The highest BCUT2D eigenvalue weighted by molar-refractivity contribution is 8.25. The van der Waals surface area contributed by atoms with Gasteiger partial charge in [-0.3, -0.25) is 14.5 Å². The Morgan fingerprint density at radius 2 is 1.93 bits per heavy atom. The largest absolute Gasteiger partial charge is 0.416 e. The van der Waals surface area contributed by atoms with Crippen LogP contribution >= 0.6 is 24.0 Å². The number of hydrogen-bond acceptors (Lipinski definition) is 4. The van der Waals surface area contributed by atoms with Crippen molar-refractivity contribution in [3.8, 4) is 0 Å². The van der Waals surface area contributed by atoms with E-state index in [1.165, 1.54) is 17.0 Å². The van der Waals surface area contributed by atoms with E-state index in [1.807, 2.05) is 19.1 Å². The van der Waals surface area contributed by atoms with Gasteiger partial charge >= 0.3 is 6.18 Å². The standard InChI is InChI=1S/C19H15F3N2O2S2/c1-11-4-2-7-14(8-11)24-17(26)15(28-18(24)27)10-16(25)23-13-6-3-5-12(9-13)19(20,21)22/h2-9,15H,10H2,1H3,(H,23,25). The molecule has 4 nitrogen and oxygen atoms in total. The molecule has 1 saturated heterocycles. The molecule has 1 fully saturated rings. The summed E-state index contributed by atoms with van der Waals surface area (Å²) in [6.07, 6.45) is -4.69. The first-order valence-corrected chi connectivity index (χ1v) is 9.52. The van der Waals surface area contributed by atoms with Crippen LogP contribution in [0.15, 0.2) is 48.5 Å². The zero-order valence-corrected chi connectivity index (χ0v) is 16.3. The van der Waals surface area contributed by atoms with Crippen LogP contribution in [0.5, 0.6) is 0 Å². The number of nitrogens with zero attached hydrogens (tertiary/aromatic N) is 1. The van der Waals surface area contributed by atoms with E-state index >= 15 is 0 Å². The van der Waals surface area contributed by atoms with Crippen molar-refractivity contribution in [2.45, 2.75) is 24.8 Å². The van der Waals surface area contributed by atoms with Gasteiger partial charge in [-0.2, -0.15) is 13.2 Å². The van der Waals surface area contributed by atoms with Crippen LogP contribution in [0.4, 0.5) is 24.5 Å². The maximum atomic E-state index is 12.8. The minimum absolute atomic E-state index is 0.0217. The summed E-state index contributed by atoms with van der Waals surface area (Å²) in [7, 11) is 0. The molecule has 0 aliphatic carbocycles. The number of nitrogens with one attached hydrogen (secondary N) is 1. The molecule has 1 unspecified atom stereocenters. The van der Waals surface area contributed by atoms with Crippen molar-refractivity contribution in [2.24, 2.45) is 0 Å². The van der Waals surface area contributed by atoms with Crippen LogP contribution in [-0.4, -0.2) is 21.4 Å². The molecule has 9 heteroatoms. The number of thioether (sulfide) groups is 1. The van der Waals surface area contributed by atoms with Crippen LogP contribution in [0.1, 0.15) is 17.5 Å². The molecule has 1 N–H and O–H groups in total. The third kappa shape index (κ3) is 4.53. The summed E-state index contributed by atoms with van der Waals surface area (Å²) in [5, 5.41) is 1.69. The van der Waals surface area contributed by atoms with E-state index < -0.39 is 22.9 Å². The Morgan fingerprint density at radius 3 is 2.61 bits per heavy atom. The number of amides is 2. The fourth-order valence-electron chi connectivity index (χ4n) is 2.74. The molecule has 1 atom stereocenters. The fraction of sp³-hybridized carbons (Fsp3) is 0.211. The molecule has 0 spiro atoms. The molecular weight excluding hydrogens is 409 g/mol. The minimum Gasteiger partial charge on any atom is -0.326 e. The summed E-state index contributed by atoms with van der Waals surface area (Å²) < 4.78 is 38.7. The minimum atomic E-state index is -4.50. The van der Waals surface area contributed by atoms with Crippen molar-refractivity contribution in [2.75, 3.05) is 10.2 Å². The van der Waals surface area contributed by atoms with Gasteiger partial charge in [0.2, 0.25) is 11.8 Å². The Hall–Kier alpha value is -2.39. The lowest BCUT2D eigenvalue weighted by Gasteiger charge is -2.16. The van der Waals surface area contributed by atoms with Gasteiger partial charge in [0.15, 0.2) is 0 Å². The molecule has 2 amide bonds. The van der Waals surface area contributed by atoms with Gasteiger partial charge in [0.1, 0.15) is 9.57 Å². The molecule has 2 aromatic carbocycles. The molecule has 0 bridgehead atoms. The van der Waals surface area contributed by atoms with E-state index in [0.29, 0.717) is 10.0 Å². The van der Waals surface area contributed by atoms with Gasteiger partial charge in [-0.25, -0.2) is 0 Å². The number of halogens is 3. The third-order valence-electron chi connectivity index (χ3n) is 4.03. The molecule has 28 heavy (non-hydrogen) atoms. The fourth-order valence-corrected chi connectivity index (χ4v) is 4.27. The van der Waals surface area contributed by atoms with Crippen molar-refractivity contribution in [1.29, 1.82) is 0 Å². The number of carbonyl (C=O) groups excluding carboxylic acids is 2. The Labute approximate surface area is 169 Å². The molecule has 0 saturated carbocycles. The van der Waals surface area contributed by atoms with E-state index in [1.54, 1.807) is 12.1 Å². The Bertz CT molecular complexity index is 947. The van der Waals surface area contributed by atoms with Crippen LogP contribution in [0.25, 0.3) is 0 Å². The SMILES string of the molecule is Cc1cccc(N2C(=O)C(CC(=O)Nc3cccc(C(F)(F)F)c3)SC2=S)c1. The highest BCUT2D eigenvalue weighted by Gasteiger charge is 2.39.